The summed E-state index contributed by atoms with van der Waals surface area (Å²) in [6, 6.07) is 0. The fraction of sp³-hybridized carbons (Fsp3) is 0.846. The van der Waals surface area contributed by atoms with Crippen molar-refractivity contribution in [1.29, 1.82) is 0 Å². The molecule has 1 amide bonds. The van der Waals surface area contributed by atoms with E-state index in [0.29, 0.717) is 32.6 Å². The maximum atomic E-state index is 12.3. The average Bonchev–Trinajstić information content (AvgIpc) is 2.46. The molecule has 1 aliphatic rings. The molecule has 4 N–H and O–H groups in total. The minimum atomic E-state index is -0.821. The predicted octanol–water partition coefficient (Wildman–Crippen LogP) is 1.23. The van der Waals surface area contributed by atoms with Gasteiger partial charge in [0.2, 0.25) is 5.91 Å². The molecule has 6 heteroatoms. The molecule has 0 bridgehead atoms. The van der Waals surface area contributed by atoms with E-state index in [1.54, 1.807) is 0 Å². The van der Waals surface area contributed by atoms with Gasteiger partial charge in [0.1, 0.15) is 5.41 Å². The van der Waals surface area contributed by atoms with Gasteiger partial charge in [-0.15, -0.1) is 0 Å². The monoisotopic (exact) mass is 271 g/mol. The summed E-state index contributed by atoms with van der Waals surface area (Å²) in [7, 11) is 0. The minimum absolute atomic E-state index is 0.0366. The Labute approximate surface area is 114 Å². The fourth-order valence-corrected chi connectivity index (χ4v) is 2.54. The van der Waals surface area contributed by atoms with Gasteiger partial charge in [0, 0.05) is 19.8 Å². The molecule has 1 aliphatic carbocycles. The highest BCUT2D eigenvalue weighted by molar-refractivity contribution is 6.06. The molecule has 1 saturated carbocycles. The van der Waals surface area contributed by atoms with E-state index in [-0.39, 0.29) is 11.7 Å². The number of nitrogens with two attached hydrogens (primary N) is 1. The lowest BCUT2D eigenvalue weighted by molar-refractivity contribution is -0.129. The van der Waals surface area contributed by atoms with Crippen LogP contribution in [0.1, 0.15) is 45.4 Å². The van der Waals surface area contributed by atoms with E-state index in [4.69, 9.17) is 15.7 Å². The molecule has 0 aromatic carbocycles. The van der Waals surface area contributed by atoms with Crippen molar-refractivity contribution >= 4 is 11.7 Å². The molecular weight excluding hydrogens is 246 g/mol. The number of oxime groups is 1. The van der Waals surface area contributed by atoms with Gasteiger partial charge >= 0.3 is 0 Å². The van der Waals surface area contributed by atoms with Crippen molar-refractivity contribution in [2.24, 2.45) is 16.3 Å². The number of ether oxygens (including phenoxy) is 1. The van der Waals surface area contributed by atoms with Crippen molar-refractivity contribution < 1.29 is 14.7 Å². The average molecular weight is 271 g/mol. The number of amides is 1. The first-order valence-electron chi connectivity index (χ1n) is 7.01. The largest absolute Gasteiger partial charge is 0.409 e. The molecule has 0 heterocycles. The van der Waals surface area contributed by atoms with Crippen molar-refractivity contribution in [3.63, 3.8) is 0 Å². The van der Waals surface area contributed by atoms with Gasteiger partial charge in [0.15, 0.2) is 5.84 Å². The molecule has 110 valence electrons. The van der Waals surface area contributed by atoms with Crippen LogP contribution in [0.15, 0.2) is 5.16 Å². The molecule has 6 nitrogen and oxygen atoms in total. The van der Waals surface area contributed by atoms with Gasteiger partial charge in [-0.05, 0) is 26.2 Å². The molecule has 0 saturated heterocycles. The molecule has 19 heavy (non-hydrogen) atoms. The maximum absolute atomic E-state index is 12.3. The zero-order chi connectivity index (χ0) is 14.1. The third-order valence-corrected chi connectivity index (χ3v) is 3.69. The van der Waals surface area contributed by atoms with Crippen LogP contribution in [-0.4, -0.2) is 36.7 Å². The van der Waals surface area contributed by atoms with Crippen molar-refractivity contribution in [1.82, 2.24) is 5.32 Å². The Kier molecular flexibility index (Phi) is 6.62. The highest BCUT2D eigenvalue weighted by Gasteiger charge is 2.43. The normalized spacial score (nSPS) is 19.1. The molecule has 0 spiro atoms. The number of hydrogen-bond acceptors (Lipinski definition) is 4. The summed E-state index contributed by atoms with van der Waals surface area (Å²) in [4.78, 5) is 12.3. The topological polar surface area (TPSA) is 96.9 Å². The Bertz CT molecular complexity index is 312. The lowest BCUT2D eigenvalue weighted by atomic mass is 9.72. The van der Waals surface area contributed by atoms with Gasteiger partial charge in [-0.3, -0.25) is 4.79 Å². The van der Waals surface area contributed by atoms with Crippen molar-refractivity contribution in [2.75, 3.05) is 19.8 Å². The number of nitrogens with one attached hydrogen (secondary N) is 1. The second-order valence-corrected chi connectivity index (χ2v) is 4.93. The maximum Gasteiger partial charge on any atom is 0.233 e. The molecule has 0 aromatic heterocycles. The molecule has 1 rings (SSSR count). The quantitative estimate of drug-likeness (QED) is 0.213. The number of rotatable bonds is 7. The number of hydrogen-bond donors (Lipinski definition) is 3. The summed E-state index contributed by atoms with van der Waals surface area (Å²) in [6.07, 6.45) is 5.04. The van der Waals surface area contributed by atoms with Crippen LogP contribution in [0.25, 0.3) is 0 Å². The summed E-state index contributed by atoms with van der Waals surface area (Å²) in [5.74, 6) is -0.0893. The first-order chi connectivity index (χ1) is 9.17. The van der Waals surface area contributed by atoms with Gasteiger partial charge in [-0.1, -0.05) is 24.4 Å². The van der Waals surface area contributed by atoms with Crippen LogP contribution in [0.3, 0.4) is 0 Å². The second kappa shape index (κ2) is 7.99. The lowest BCUT2D eigenvalue weighted by Gasteiger charge is -2.34. The van der Waals surface area contributed by atoms with Gasteiger partial charge in [0.25, 0.3) is 0 Å². The van der Waals surface area contributed by atoms with E-state index in [1.165, 1.54) is 0 Å². The van der Waals surface area contributed by atoms with E-state index in [9.17, 15) is 4.79 Å². The standard InChI is InChI=1S/C13H25N3O3/c1-2-19-10-6-9-15-12(17)13(11(14)16-18)7-4-3-5-8-13/h18H,2-10H2,1H3,(H2,14,16)(H,15,17). The number of nitrogens with zero attached hydrogens (tertiary/aromatic N) is 1. The summed E-state index contributed by atoms with van der Waals surface area (Å²) in [6.45, 7) is 3.81. The van der Waals surface area contributed by atoms with Crippen LogP contribution >= 0.6 is 0 Å². The summed E-state index contributed by atoms with van der Waals surface area (Å²) < 4.78 is 5.21. The van der Waals surface area contributed by atoms with Gasteiger partial charge in [-0.2, -0.15) is 0 Å². The van der Waals surface area contributed by atoms with Crippen molar-refractivity contribution in [3.05, 3.63) is 0 Å². The molecule has 0 aromatic rings. The van der Waals surface area contributed by atoms with E-state index in [1.807, 2.05) is 6.92 Å². The first-order valence-corrected chi connectivity index (χ1v) is 7.01. The van der Waals surface area contributed by atoms with Crippen molar-refractivity contribution in [3.8, 4) is 0 Å². The molecule has 0 radical (unpaired) electrons. The Hall–Kier alpha value is -1.30. The van der Waals surface area contributed by atoms with Crippen LogP contribution in [0, 0.1) is 5.41 Å². The summed E-state index contributed by atoms with van der Waals surface area (Å²) in [5, 5.41) is 14.9. The second-order valence-electron chi connectivity index (χ2n) is 4.93. The molecule has 0 unspecified atom stereocenters. The fourth-order valence-electron chi connectivity index (χ4n) is 2.54. The Morgan fingerprint density at radius 1 is 1.42 bits per heavy atom. The zero-order valence-corrected chi connectivity index (χ0v) is 11.7. The van der Waals surface area contributed by atoms with E-state index in [0.717, 1.165) is 25.7 Å². The first kappa shape index (κ1) is 15.8. The highest BCUT2D eigenvalue weighted by Crippen LogP contribution is 2.36. The lowest BCUT2D eigenvalue weighted by Crippen LogP contribution is -2.51. The Balaban J connectivity index is 2.53. The molecular formula is C13H25N3O3. The zero-order valence-electron chi connectivity index (χ0n) is 11.7. The highest BCUT2D eigenvalue weighted by atomic mass is 16.5. The van der Waals surface area contributed by atoms with Gasteiger partial charge in [-0.25, -0.2) is 0 Å². The Morgan fingerprint density at radius 3 is 2.68 bits per heavy atom. The van der Waals surface area contributed by atoms with Gasteiger partial charge < -0.3 is 21.0 Å². The number of amidine groups is 1. The van der Waals surface area contributed by atoms with Crippen LogP contribution in [0.2, 0.25) is 0 Å². The van der Waals surface area contributed by atoms with E-state index >= 15 is 0 Å². The molecule has 0 aliphatic heterocycles. The van der Waals surface area contributed by atoms with Gasteiger partial charge in [0.05, 0.1) is 0 Å². The SMILES string of the molecule is CCOCCCNC(=O)C1(C(N)=NO)CCCCC1. The summed E-state index contributed by atoms with van der Waals surface area (Å²) >= 11 is 0. The summed E-state index contributed by atoms with van der Waals surface area (Å²) in [5.41, 5.74) is 4.93. The van der Waals surface area contributed by atoms with E-state index in [2.05, 4.69) is 10.5 Å². The van der Waals surface area contributed by atoms with Crippen LogP contribution < -0.4 is 11.1 Å². The number of carbonyl (C=O) groups is 1. The van der Waals surface area contributed by atoms with Crippen LogP contribution in [-0.2, 0) is 9.53 Å². The third-order valence-electron chi connectivity index (χ3n) is 3.69. The number of carbonyl (C=O) groups excluding carboxylic acids is 1. The molecule has 0 atom stereocenters. The third kappa shape index (κ3) is 4.09. The van der Waals surface area contributed by atoms with Crippen LogP contribution in [0.5, 0.6) is 0 Å². The Morgan fingerprint density at radius 2 is 2.11 bits per heavy atom. The molecule has 1 fully saturated rings. The smallest absolute Gasteiger partial charge is 0.233 e. The predicted molar refractivity (Wildman–Crippen MR) is 73.0 cm³/mol. The van der Waals surface area contributed by atoms with Crippen LogP contribution in [0.4, 0.5) is 0 Å². The van der Waals surface area contributed by atoms with E-state index < -0.39 is 5.41 Å². The van der Waals surface area contributed by atoms with Crippen molar-refractivity contribution in [2.45, 2.75) is 45.4 Å². The minimum Gasteiger partial charge on any atom is -0.409 e.